The van der Waals surface area contributed by atoms with Crippen LogP contribution in [0.4, 0.5) is 4.39 Å². The molecule has 0 heterocycles. The fraction of sp³-hybridized carbons (Fsp3) is 0.500. The molecule has 1 aliphatic rings. The average molecular weight is 262 g/mol. The highest BCUT2D eigenvalue weighted by Gasteiger charge is 2.26. The van der Waals surface area contributed by atoms with Gasteiger partial charge in [0.05, 0.1) is 0 Å². The van der Waals surface area contributed by atoms with Gasteiger partial charge in [-0.1, -0.05) is 11.6 Å². The summed E-state index contributed by atoms with van der Waals surface area (Å²) in [6, 6.07) is 4.62. The fourth-order valence-corrected chi connectivity index (χ4v) is 2.61. The molecule has 4 heteroatoms. The molecule has 1 nitrogen and oxygen atoms in total. The van der Waals surface area contributed by atoms with Crippen LogP contribution in [0.3, 0.4) is 0 Å². The van der Waals surface area contributed by atoms with Gasteiger partial charge in [-0.15, -0.1) is 11.6 Å². The molecule has 0 spiro atoms. The summed E-state index contributed by atoms with van der Waals surface area (Å²) in [6.45, 7) is 1.42. The van der Waals surface area contributed by atoms with Crippen molar-refractivity contribution < 1.29 is 4.39 Å². The van der Waals surface area contributed by atoms with E-state index in [4.69, 9.17) is 23.2 Å². The minimum absolute atomic E-state index is 0.208. The molecule has 0 bridgehead atoms. The lowest BCUT2D eigenvalue weighted by Crippen LogP contribution is -2.33. The van der Waals surface area contributed by atoms with Crippen LogP contribution in [0, 0.1) is 11.7 Å². The molecule has 0 aromatic heterocycles. The van der Waals surface area contributed by atoms with E-state index in [1.54, 1.807) is 12.1 Å². The van der Waals surface area contributed by atoms with E-state index in [0.29, 0.717) is 28.4 Å². The second kappa shape index (κ2) is 5.35. The summed E-state index contributed by atoms with van der Waals surface area (Å²) in [7, 11) is 0. The molecule has 1 fully saturated rings. The highest BCUT2D eigenvalue weighted by molar-refractivity contribution is 6.30. The quantitative estimate of drug-likeness (QED) is 0.818. The molecular weight excluding hydrogens is 248 g/mol. The summed E-state index contributed by atoms with van der Waals surface area (Å²) in [5.41, 5.74) is 0.620. The van der Waals surface area contributed by atoms with E-state index in [2.05, 4.69) is 5.32 Å². The average Bonchev–Trinajstić information content (AvgIpc) is 2.20. The van der Waals surface area contributed by atoms with Crippen molar-refractivity contribution in [2.45, 2.75) is 24.8 Å². The Balaban J connectivity index is 1.78. The zero-order valence-corrected chi connectivity index (χ0v) is 10.4. The summed E-state index contributed by atoms with van der Waals surface area (Å²) >= 11 is 11.7. The van der Waals surface area contributed by atoms with Crippen LogP contribution in [-0.4, -0.2) is 11.9 Å². The molecule has 2 rings (SSSR count). The Hall–Kier alpha value is -0.310. The van der Waals surface area contributed by atoms with E-state index in [-0.39, 0.29) is 5.82 Å². The van der Waals surface area contributed by atoms with Crippen molar-refractivity contribution >= 4 is 23.2 Å². The zero-order chi connectivity index (χ0) is 11.5. The van der Waals surface area contributed by atoms with Crippen molar-refractivity contribution in [2.75, 3.05) is 6.54 Å². The Bertz CT molecular complexity index is 364. The Morgan fingerprint density at radius 2 is 2.12 bits per heavy atom. The van der Waals surface area contributed by atoms with Gasteiger partial charge in [-0.05, 0) is 43.5 Å². The number of rotatable bonds is 4. The largest absolute Gasteiger partial charge is 0.312 e. The van der Waals surface area contributed by atoms with E-state index < -0.39 is 0 Å². The Labute approximate surface area is 105 Å². The number of halogens is 3. The van der Waals surface area contributed by atoms with Gasteiger partial charge in [-0.25, -0.2) is 4.39 Å². The lowest BCUT2D eigenvalue weighted by atomic mass is 9.85. The van der Waals surface area contributed by atoms with E-state index in [1.807, 2.05) is 0 Å². The first kappa shape index (κ1) is 12.2. The third kappa shape index (κ3) is 3.09. The summed E-state index contributed by atoms with van der Waals surface area (Å²) < 4.78 is 13.3. The molecule has 0 atom stereocenters. The van der Waals surface area contributed by atoms with Crippen molar-refractivity contribution in [1.29, 1.82) is 0 Å². The SMILES string of the molecule is Fc1ccc(Cl)cc1CNCC1CC(Cl)C1. The van der Waals surface area contributed by atoms with E-state index in [9.17, 15) is 4.39 Å². The molecule has 0 amide bonds. The van der Waals surface area contributed by atoms with Gasteiger partial charge >= 0.3 is 0 Å². The van der Waals surface area contributed by atoms with Gasteiger partial charge in [0.15, 0.2) is 0 Å². The van der Waals surface area contributed by atoms with Crippen LogP contribution in [0.25, 0.3) is 0 Å². The van der Waals surface area contributed by atoms with Crippen LogP contribution < -0.4 is 5.32 Å². The maximum Gasteiger partial charge on any atom is 0.127 e. The van der Waals surface area contributed by atoms with Gasteiger partial charge in [0.1, 0.15) is 5.82 Å². The van der Waals surface area contributed by atoms with Crippen LogP contribution in [0.5, 0.6) is 0 Å². The molecule has 1 aromatic rings. The Kier molecular flexibility index (Phi) is 4.06. The van der Waals surface area contributed by atoms with Crippen LogP contribution in [0.15, 0.2) is 18.2 Å². The highest BCUT2D eigenvalue weighted by Crippen LogP contribution is 2.31. The minimum atomic E-state index is -0.208. The van der Waals surface area contributed by atoms with Crippen molar-refractivity contribution in [3.63, 3.8) is 0 Å². The fourth-order valence-electron chi connectivity index (χ4n) is 1.91. The van der Waals surface area contributed by atoms with E-state index >= 15 is 0 Å². The number of nitrogens with one attached hydrogen (secondary N) is 1. The molecule has 0 radical (unpaired) electrons. The summed E-state index contributed by atoms with van der Waals surface area (Å²) in [5, 5.41) is 4.15. The normalized spacial score (nSPS) is 24.2. The smallest absolute Gasteiger partial charge is 0.127 e. The highest BCUT2D eigenvalue weighted by atomic mass is 35.5. The van der Waals surface area contributed by atoms with Crippen LogP contribution >= 0.6 is 23.2 Å². The minimum Gasteiger partial charge on any atom is -0.312 e. The van der Waals surface area contributed by atoms with Crippen molar-refractivity contribution in [1.82, 2.24) is 5.32 Å². The predicted octanol–water partition coefficient (Wildman–Crippen LogP) is 3.59. The van der Waals surface area contributed by atoms with Crippen LogP contribution in [-0.2, 0) is 6.54 Å². The molecule has 1 saturated carbocycles. The van der Waals surface area contributed by atoms with Gasteiger partial charge in [-0.2, -0.15) is 0 Å². The first-order valence-corrected chi connectivity index (χ1v) is 6.25. The number of hydrogen-bond acceptors (Lipinski definition) is 1. The van der Waals surface area contributed by atoms with Crippen molar-refractivity contribution in [3.05, 3.63) is 34.6 Å². The van der Waals surface area contributed by atoms with E-state index in [0.717, 1.165) is 19.4 Å². The monoisotopic (exact) mass is 261 g/mol. The summed E-state index contributed by atoms with van der Waals surface area (Å²) in [6.07, 6.45) is 2.12. The van der Waals surface area contributed by atoms with Crippen LogP contribution in [0.2, 0.25) is 5.02 Å². The van der Waals surface area contributed by atoms with Gasteiger partial charge in [0, 0.05) is 22.5 Å². The lowest BCUT2D eigenvalue weighted by Gasteiger charge is -2.31. The third-order valence-electron chi connectivity index (χ3n) is 2.93. The van der Waals surface area contributed by atoms with Crippen LogP contribution in [0.1, 0.15) is 18.4 Å². The maximum atomic E-state index is 13.3. The molecule has 1 aromatic carbocycles. The van der Waals surface area contributed by atoms with E-state index in [1.165, 1.54) is 6.07 Å². The van der Waals surface area contributed by atoms with Gasteiger partial charge in [0.25, 0.3) is 0 Å². The molecule has 0 saturated heterocycles. The molecule has 1 N–H and O–H groups in total. The topological polar surface area (TPSA) is 12.0 Å². The first-order chi connectivity index (χ1) is 7.65. The Morgan fingerprint density at radius 3 is 2.81 bits per heavy atom. The van der Waals surface area contributed by atoms with Gasteiger partial charge in [0.2, 0.25) is 0 Å². The number of hydrogen-bond donors (Lipinski definition) is 1. The molecule has 88 valence electrons. The lowest BCUT2D eigenvalue weighted by molar-refractivity contribution is 0.308. The second-order valence-electron chi connectivity index (χ2n) is 4.30. The molecule has 1 aliphatic carbocycles. The first-order valence-electron chi connectivity index (χ1n) is 5.44. The second-order valence-corrected chi connectivity index (χ2v) is 5.35. The standard InChI is InChI=1S/C12H14Cl2FN/c13-10-1-2-12(15)9(5-10)7-16-6-8-3-11(14)4-8/h1-2,5,8,11,16H,3-4,6-7H2. The Morgan fingerprint density at radius 1 is 1.38 bits per heavy atom. The van der Waals surface area contributed by atoms with Crippen molar-refractivity contribution in [3.8, 4) is 0 Å². The third-order valence-corrected chi connectivity index (χ3v) is 3.53. The number of alkyl halides is 1. The van der Waals surface area contributed by atoms with Gasteiger partial charge in [-0.3, -0.25) is 0 Å². The number of benzene rings is 1. The summed E-state index contributed by atoms with van der Waals surface area (Å²) in [5.74, 6) is 0.436. The molecule has 16 heavy (non-hydrogen) atoms. The van der Waals surface area contributed by atoms with Crippen molar-refractivity contribution in [2.24, 2.45) is 5.92 Å². The summed E-state index contributed by atoms with van der Waals surface area (Å²) in [4.78, 5) is 0. The maximum absolute atomic E-state index is 13.3. The molecule has 0 unspecified atom stereocenters. The predicted molar refractivity (Wildman–Crippen MR) is 65.5 cm³/mol. The van der Waals surface area contributed by atoms with Gasteiger partial charge < -0.3 is 5.32 Å². The zero-order valence-electron chi connectivity index (χ0n) is 8.85. The molecular formula is C12H14Cl2FN. The molecule has 0 aliphatic heterocycles.